The Hall–Kier alpha value is -3.34. The van der Waals surface area contributed by atoms with Crippen LogP contribution in [-0.2, 0) is 26.0 Å². The monoisotopic (exact) mass is 482 g/mol. The van der Waals surface area contributed by atoms with Crippen LogP contribution in [0.2, 0.25) is 0 Å². The molecule has 0 aliphatic carbocycles. The van der Waals surface area contributed by atoms with Crippen molar-refractivity contribution in [1.82, 2.24) is 19.9 Å². The number of amides is 1. The van der Waals surface area contributed by atoms with Crippen molar-refractivity contribution < 1.29 is 23.1 Å². The lowest BCUT2D eigenvalue weighted by Crippen LogP contribution is -2.61. The zero-order valence-electron chi connectivity index (χ0n) is 18.6. The fourth-order valence-electron chi connectivity index (χ4n) is 4.16. The van der Waals surface area contributed by atoms with E-state index in [0.717, 1.165) is 0 Å². The summed E-state index contributed by atoms with van der Waals surface area (Å²) in [6, 6.07) is 10.9. The van der Waals surface area contributed by atoms with E-state index in [1.807, 2.05) is 0 Å². The number of rotatable bonds is 7. The third kappa shape index (κ3) is 5.09. The van der Waals surface area contributed by atoms with Crippen LogP contribution in [0.3, 0.4) is 0 Å². The predicted octanol–water partition coefficient (Wildman–Crippen LogP) is 1.22. The first-order chi connectivity index (χ1) is 16.3. The van der Waals surface area contributed by atoms with Gasteiger partial charge in [-0.2, -0.15) is 4.72 Å². The number of pyridine rings is 1. The van der Waals surface area contributed by atoms with Gasteiger partial charge in [0.05, 0.1) is 4.90 Å². The third-order valence-corrected chi connectivity index (χ3v) is 7.43. The van der Waals surface area contributed by atoms with E-state index < -0.39 is 28.0 Å². The first kappa shape index (κ1) is 23.8. The van der Waals surface area contributed by atoms with Crippen LogP contribution in [0, 0.1) is 0 Å². The normalized spacial score (nSPS) is 17.4. The molecule has 1 saturated heterocycles. The lowest BCUT2D eigenvalue weighted by Gasteiger charge is -2.37. The second kappa shape index (κ2) is 9.88. The van der Waals surface area contributed by atoms with E-state index in [-0.39, 0.29) is 29.4 Å². The number of hydrogen-bond donors (Lipinski definition) is 3. The summed E-state index contributed by atoms with van der Waals surface area (Å²) in [5, 5.41) is 13.9. The molecule has 9 nitrogen and oxygen atoms in total. The van der Waals surface area contributed by atoms with Gasteiger partial charge in [-0.05, 0) is 43.2 Å². The Morgan fingerprint density at radius 1 is 1.21 bits per heavy atom. The Bertz CT molecular complexity index is 1310. The molecule has 2 atom stereocenters. The highest BCUT2D eigenvalue weighted by atomic mass is 32.2. The van der Waals surface area contributed by atoms with Crippen molar-refractivity contribution in [3.05, 3.63) is 66.5 Å². The molecule has 2 heterocycles. The topological polar surface area (TPSA) is 129 Å². The zero-order valence-corrected chi connectivity index (χ0v) is 19.5. The van der Waals surface area contributed by atoms with E-state index in [9.17, 15) is 23.1 Å². The van der Waals surface area contributed by atoms with E-state index in [2.05, 4.69) is 15.0 Å². The van der Waals surface area contributed by atoms with Crippen molar-refractivity contribution in [2.45, 2.75) is 30.3 Å². The number of hydrogen-bond acceptors (Lipinski definition) is 7. The van der Waals surface area contributed by atoms with Gasteiger partial charge in [-0.1, -0.05) is 24.3 Å². The van der Waals surface area contributed by atoms with Crippen LogP contribution in [0.4, 0.5) is 0 Å². The lowest BCUT2D eigenvalue weighted by molar-refractivity contribution is -0.141. The Morgan fingerprint density at radius 2 is 1.97 bits per heavy atom. The van der Waals surface area contributed by atoms with Gasteiger partial charge in [0.2, 0.25) is 15.9 Å². The molecule has 10 heteroatoms. The fraction of sp³-hybridized carbons (Fsp3) is 0.292. The molecule has 1 aromatic heterocycles. The Morgan fingerprint density at radius 3 is 2.71 bits per heavy atom. The molecule has 2 unspecified atom stereocenters. The predicted molar refractivity (Wildman–Crippen MR) is 127 cm³/mol. The number of ketones is 1. The van der Waals surface area contributed by atoms with E-state index in [1.165, 1.54) is 36.2 Å². The molecule has 1 fully saturated rings. The van der Waals surface area contributed by atoms with Crippen LogP contribution in [0.15, 0.2) is 65.8 Å². The quantitative estimate of drug-likeness (QED) is 0.462. The molecule has 0 radical (unpaired) electrons. The van der Waals surface area contributed by atoms with Gasteiger partial charge in [0.1, 0.15) is 17.8 Å². The maximum Gasteiger partial charge on any atom is 0.241 e. The van der Waals surface area contributed by atoms with Crippen LogP contribution in [0.25, 0.3) is 10.8 Å². The standard InChI is InChI=1S/C24H26N4O5S/c1-16(29)22-15-26-11-12-28(22)24(31)21(13-17-5-7-19(30)8-6-17)27-34(32,33)23-4-2-3-18-14-25-10-9-20(18)23/h2-10,14,21-22,26-27,30H,11-13,15H2,1H3. The number of sulfonamides is 1. The SMILES string of the molecule is CC(=O)C1CNCCN1C(=O)C(Cc1ccc(O)cc1)NS(=O)(=O)c1cccc2cnccc12. The molecule has 178 valence electrons. The summed E-state index contributed by atoms with van der Waals surface area (Å²) in [6.45, 7) is 2.53. The Kier molecular flexibility index (Phi) is 6.92. The van der Waals surface area contributed by atoms with Crippen molar-refractivity contribution in [3.63, 3.8) is 0 Å². The summed E-state index contributed by atoms with van der Waals surface area (Å²) >= 11 is 0. The summed E-state index contributed by atoms with van der Waals surface area (Å²) < 4.78 is 29.6. The number of aromatic nitrogens is 1. The zero-order chi connectivity index (χ0) is 24.3. The van der Waals surface area contributed by atoms with Gasteiger partial charge in [0.15, 0.2) is 5.78 Å². The first-order valence-corrected chi connectivity index (χ1v) is 12.4. The van der Waals surface area contributed by atoms with Crippen LogP contribution in [0.1, 0.15) is 12.5 Å². The molecule has 4 rings (SSSR count). The number of nitrogens with zero attached hydrogens (tertiary/aromatic N) is 2. The number of nitrogens with one attached hydrogen (secondary N) is 2. The number of carbonyl (C=O) groups excluding carboxylic acids is 2. The number of phenols is 1. The molecule has 3 aromatic rings. The number of benzene rings is 2. The highest BCUT2D eigenvalue weighted by Crippen LogP contribution is 2.23. The minimum Gasteiger partial charge on any atom is -0.508 e. The van der Waals surface area contributed by atoms with Crippen LogP contribution in [-0.4, -0.2) is 66.8 Å². The summed E-state index contributed by atoms with van der Waals surface area (Å²) in [5.41, 5.74) is 0.662. The molecular formula is C24H26N4O5S. The van der Waals surface area contributed by atoms with E-state index in [1.54, 1.807) is 36.5 Å². The number of aromatic hydroxyl groups is 1. The van der Waals surface area contributed by atoms with E-state index in [0.29, 0.717) is 29.4 Å². The minimum atomic E-state index is -4.11. The molecule has 1 aliphatic heterocycles. The lowest BCUT2D eigenvalue weighted by atomic mass is 10.0. The molecule has 34 heavy (non-hydrogen) atoms. The summed E-state index contributed by atoms with van der Waals surface area (Å²) in [4.78, 5) is 31.3. The van der Waals surface area contributed by atoms with Crippen molar-refractivity contribution in [1.29, 1.82) is 0 Å². The third-order valence-electron chi connectivity index (χ3n) is 5.90. The second-order valence-corrected chi connectivity index (χ2v) is 9.94. The first-order valence-electron chi connectivity index (χ1n) is 10.9. The van der Waals surface area contributed by atoms with Crippen molar-refractivity contribution in [2.75, 3.05) is 19.6 Å². The largest absolute Gasteiger partial charge is 0.508 e. The maximum absolute atomic E-state index is 13.6. The van der Waals surface area contributed by atoms with Crippen molar-refractivity contribution in [2.24, 2.45) is 0 Å². The summed E-state index contributed by atoms with van der Waals surface area (Å²) in [7, 11) is -4.11. The Labute approximate surface area is 197 Å². The van der Waals surface area contributed by atoms with E-state index >= 15 is 0 Å². The number of phenolic OH excluding ortho intramolecular Hbond substituents is 1. The molecule has 2 aromatic carbocycles. The van der Waals surface area contributed by atoms with Crippen molar-refractivity contribution >= 4 is 32.5 Å². The average Bonchev–Trinajstić information content (AvgIpc) is 2.84. The highest BCUT2D eigenvalue weighted by Gasteiger charge is 2.36. The number of piperazine rings is 1. The molecule has 0 saturated carbocycles. The molecule has 1 amide bonds. The smallest absolute Gasteiger partial charge is 0.241 e. The number of fused-ring (bicyclic) bond motifs is 1. The number of carbonyl (C=O) groups is 2. The van der Waals surface area contributed by atoms with Crippen LogP contribution < -0.4 is 10.0 Å². The van der Waals surface area contributed by atoms with Gasteiger partial charge in [-0.3, -0.25) is 14.6 Å². The van der Waals surface area contributed by atoms with E-state index in [4.69, 9.17) is 0 Å². The average molecular weight is 483 g/mol. The molecule has 0 spiro atoms. The van der Waals surface area contributed by atoms with Crippen LogP contribution in [0.5, 0.6) is 5.75 Å². The fourth-order valence-corrected chi connectivity index (χ4v) is 5.58. The van der Waals surface area contributed by atoms with Gasteiger partial charge in [0.25, 0.3) is 0 Å². The van der Waals surface area contributed by atoms with Gasteiger partial charge < -0.3 is 15.3 Å². The van der Waals surface area contributed by atoms with Gasteiger partial charge in [0, 0.05) is 42.8 Å². The Balaban J connectivity index is 1.70. The van der Waals surface area contributed by atoms with Crippen molar-refractivity contribution in [3.8, 4) is 5.75 Å². The summed E-state index contributed by atoms with van der Waals surface area (Å²) in [5.74, 6) is -0.580. The minimum absolute atomic E-state index is 0.0411. The number of Topliss-reactive ketones (excluding diaryl/α,β-unsaturated/α-hetero) is 1. The molecule has 1 aliphatic rings. The van der Waals surface area contributed by atoms with Gasteiger partial charge >= 0.3 is 0 Å². The van der Waals surface area contributed by atoms with Gasteiger partial charge in [-0.25, -0.2) is 8.42 Å². The molecule has 0 bridgehead atoms. The summed E-state index contributed by atoms with van der Waals surface area (Å²) in [6.07, 6.45) is 3.14. The highest BCUT2D eigenvalue weighted by molar-refractivity contribution is 7.89. The van der Waals surface area contributed by atoms with Crippen LogP contribution >= 0.6 is 0 Å². The maximum atomic E-state index is 13.6. The molecule has 3 N–H and O–H groups in total. The second-order valence-electron chi connectivity index (χ2n) is 8.26. The molecular weight excluding hydrogens is 456 g/mol. The van der Waals surface area contributed by atoms with Gasteiger partial charge in [-0.15, -0.1) is 0 Å².